The highest BCUT2D eigenvalue weighted by Gasteiger charge is 2.51. The second-order valence-electron chi connectivity index (χ2n) is 9.45. The van der Waals surface area contributed by atoms with E-state index in [-0.39, 0.29) is 30.7 Å². The number of carbonyl (C=O) groups excluding carboxylic acids is 1. The first kappa shape index (κ1) is 29.5. The van der Waals surface area contributed by atoms with E-state index in [0.717, 1.165) is 32.1 Å². The lowest BCUT2D eigenvalue weighted by molar-refractivity contribution is -0.154. The Morgan fingerprint density at radius 3 is 2.43 bits per heavy atom. The summed E-state index contributed by atoms with van der Waals surface area (Å²) in [6, 6.07) is 3.92. The molecule has 0 aromatic heterocycles. The van der Waals surface area contributed by atoms with Gasteiger partial charge in [0, 0.05) is 6.42 Å². The maximum absolute atomic E-state index is 14.0. The van der Waals surface area contributed by atoms with Gasteiger partial charge in [0.15, 0.2) is 5.79 Å². The third-order valence-electron chi connectivity index (χ3n) is 6.71. The van der Waals surface area contributed by atoms with E-state index in [1.807, 2.05) is 0 Å². The molecule has 3 rings (SSSR count). The SMILES string of the molecule is CCCCCCCc1cc(F)ccc1NS(=O)(=O)C1CCC2(C=C1C(=O)OCC)O[C@H](CO)[C@@H](CO)O2. The molecular formula is C26H38FNO8S. The number of carbonyl (C=O) groups is 1. The molecule has 1 spiro atoms. The number of sulfonamides is 1. The van der Waals surface area contributed by atoms with Crippen LogP contribution in [0.5, 0.6) is 0 Å². The van der Waals surface area contributed by atoms with Crippen molar-refractivity contribution in [2.45, 2.75) is 88.5 Å². The van der Waals surface area contributed by atoms with E-state index >= 15 is 0 Å². The van der Waals surface area contributed by atoms with Crippen molar-refractivity contribution >= 4 is 21.7 Å². The summed E-state index contributed by atoms with van der Waals surface area (Å²) in [5, 5.41) is 17.9. The molecule has 1 fully saturated rings. The Balaban J connectivity index is 1.86. The van der Waals surface area contributed by atoms with Crippen LogP contribution in [0.3, 0.4) is 0 Å². The second-order valence-corrected chi connectivity index (χ2v) is 11.3. The summed E-state index contributed by atoms with van der Waals surface area (Å²) in [4.78, 5) is 12.8. The highest BCUT2D eigenvalue weighted by Crippen LogP contribution is 2.41. The van der Waals surface area contributed by atoms with Crippen LogP contribution in [0, 0.1) is 5.82 Å². The molecule has 11 heteroatoms. The number of ether oxygens (including phenoxy) is 3. The van der Waals surface area contributed by atoms with Crippen molar-refractivity contribution in [1.82, 2.24) is 0 Å². The van der Waals surface area contributed by atoms with Gasteiger partial charge >= 0.3 is 5.97 Å². The van der Waals surface area contributed by atoms with Gasteiger partial charge in [-0.1, -0.05) is 32.6 Å². The first-order valence-corrected chi connectivity index (χ1v) is 14.5. The highest BCUT2D eigenvalue weighted by molar-refractivity contribution is 7.93. The molecule has 37 heavy (non-hydrogen) atoms. The number of halogens is 1. The van der Waals surface area contributed by atoms with E-state index in [2.05, 4.69) is 11.6 Å². The van der Waals surface area contributed by atoms with Crippen LogP contribution in [-0.4, -0.2) is 67.7 Å². The van der Waals surface area contributed by atoms with Crippen molar-refractivity contribution in [2.75, 3.05) is 24.5 Å². The van der Waals surface area contributed by atoms with Crippen LogP contribution < -0.4 is 4.72 Å². The normalized spacial score (nSPS) is 23.2. The van der Waals surface area contributed by atoms with Crippen LogP contribution >= 0.6 is 0 Å². The lowest BCUT2D eigenvalue weighted by Gasteiger charge is -2.33. The molecule has 0 bridgehead atoms. The van der Waals surface area contributed by atoms with Gasteiger partial charge in [0.25, 0.3) is 0 Å². The summed E-state index contributed by atoms with van der Waals surface area (Å²) < 4.78 is 60.4. The van der Waals surface area contributed by atoms with Gasteiger partial charge in [-0.3, -0.25) is 4.72 Å². The third-order valence-corrected chi connectivity index (χ3v) is 8.45. The fraction of sp³-hybridized carbons (Fsp3) is 0.654. The minimum atomic E-state index is -4.16. The minimum absolute atomic E-state index is 0.0315. The largest absolute Gasteiger partial charge is 0.463 e. The number of anilines is 1. The van der Waals surface area contributed by atoms with Gasteiger partial charge < -0.3 is 24.4 Å². The van der Waals surface area contributed by atoms with Gasteiger partial charge in [-0.05, 0) is 56.0 Å². The van der Waals surface area contributed by atoms with Crippen molar-refractivity contribution in [3.63, 3.8) is 0 Å². The first-order chi connectivity index (χ1) is 17.7. The molecule has 1 aromatic carbocycles. The Morgan fingerprint density at radius 2 is 1.81 bits per heavy atom. The van der Waals surface area contributed by atoms with Crippen LogP contribution in [0.25, 0.3) is 0 Å². The van der Waals surface area contributed by atoms with Crippen molar-refractivity contribution in [2.24, 2.45) is 0 Å². The molecule has 208 valence electrons. The summed E-state index contributed by atoms with van der Waals surface area (Å²) in [6.07, 6.45) is 5.21. The van der Waals surface area contributed by atoms with Crippen LogP contribution in [0.1, 0.15) is 64.4 Å². The number of hydrogen-bond acceptors (Lipinski definition) is 8. The standard InChI is InChI=1S/C26H38FNO8S/c1-3-5-6-7-8-9-18-14-19(27)10-11-21(18)28-37(32,33)24-12-13-26(15-20(24)25(31)34-4-2)35-22(16-29)23(17-30)36-26/h10-11,14-15,22-24,28-30H,3-9,12-13,16-17H2,1-2H3/t22-,23-,24?/m1/s1. The van der Waals surface area contributed by atoms with E-state index < -0.39 is 58.3 Å². The first-order valence-electron chi connectivity index (χ1n) is 13.0. The van der Waals surface area contributed by atoms with E-state index in [0.29, 0.717) is 12.0 Å². The topological polar surface area (TPSA) is 131 Å². The molecular weight excluding hydrogens is 505 g/mol. The van der Waals surface area contributed by atoms with Gasteiger partial charge in [0.05, 0.1) is 31.1 Å². The molecule has 0 saturated carbocycles. The van der Waals surface area contributed by atoms with E-state index in [1.54, 1.807) is 6.92 Å². The van der Waals surface area contributed by atoms with Crippen molar-refractivity contribution < 1.29 is 42.0 Å². The minimum Gasteiger partial charge on any atom is -0.463 e. The average molecular weight is 544 g/mol. The molecule has 9 nitrogen and oxygen atoms in total. The van der Waals surface area contributed by atoms with Gasteiger partial charge in [0.2, 0.25) is 10.0 Å². The number of benzene rings is 1. The van der Waals surface area contributed by atoms with Gasteiger partial charge in [-0.2, -0.15) is 0 Å². The number of rotatable bonds is 13. The number of hydrogen-bond donors (Lipinski definition) is 3. The number of aryl methyl sites for hydroxylation is 1. The maximum atomic E-state index is 14.0. The lowest BCUT2D eigenvalue weighted by Crippen LogP contribution is -2.43. The number of aliphatic hydroxyl groups is 2. The Kier molecular flexibility index (Phi) is 10.5. The summed E-state index contributed by atoms with van der Waals surface area (Å²) in [7, 11) is -4.16. The number of esters is 1. The molecule has 1 aliphatic carbocycles. The molecule has 0 amide bonds. The van der Waals surface area contributed by atoms with E-state index in [1.165, 1.54) is 24.3 Å². The monoisotopic (exact) mass is 543 g/mol. The molecule has 1 saturated heterocycles. The summed E-state index contributed by atoms with van der Waals surface area (Å²) in [6.45, 7) is 2.93. The molecule has 1 heterocycles. The molecule has 2 aliphatic rings. The Labute approximate surface area is 218 Å². The van der Waals surface area contributed by atoms with Crippen LogP contribution in [0.2, 0.25) is 0 Å². The van der Waals surface area contributed by atoms with Crippen LogP contribution in [-0.2, 0) is 35.4 Å². The molecule has 3 atom stereocenters. The number of unbranched alkanes of at least 4 members (excludes halogenated alkanes) is 4. The van der Waals surface area contributed by atoms with E-state index in [4.69, 9.17) is 14.2 Å². The van der Waals surface area contributed by atoms with Gasteiger partial charge in [-0.15, -0.1) is 0 Å². The number of nitrogens with one attached hydrogen (secondary N) is 1. The van der Waals surface area contributed by atoms with Crippen molar-refractivity contribution in [3.8, 4) is 0 Å². The van der Waals surface area contributed by atoms with Crippen molar-refractivity contribution in [1.29, 1.82) is 0 Å². The van der Waals surface area contributed by atoms with Crippen LogP contribution in [0.4, 0.5) is 10.1 Å². The Bertz CT molecular complexity index is 1050. The fourth-order valence-electron chi connectivity index (χ4n) is 4.82. The zero-order chi connectivity index (χ0) is 27.1. The molecule has 1 aromatic rings. The maximum Gasteiger partial charge on any atom is 0.335 e. The van der Waals surface area contributed by atoms with Crippen LogP contribution in [0.15, 0.2) is 29.8 Å². The fourth-order valence-corrected chi connectivity index (χ4v) is 6.39. The highest BCUT2D eigenvalue weighted by atomic mass is 32.2. The summed E-state index contributed by atoms with van der Waals surface area (Å²) in [5.41, 5.74) is 0.668. The molecule has 1 unspecified atom stereocenters. The van der Waals surface area contributed by atoms with Gasteiger partial charge in [-0.25, -0.2) is 17.6 Å². The zero-order valence-electron chi connectivity index (χ0n) is 21.4. The van der Waals surface area contributed by atoms with Crippen molar-refractivity contribution in [3.05, 3.63) is 41.2 Å². The smallest absolute Gasteiger partial charge is 0.335 e. The predicted octanol–water partition coefficient (Wildman–Crippen LogP) is 3.20. The summed E-state index contributed by atoms with van der Waals surface area (Å²) >= 11 is 0. The Morgan fingerprint density at radius 1 is 1.14 bits per heavy atom. The molecule has 1 aliphatic heterocycles. The number of aliphatic hydroxyl groups excluding tert-OH is 2. The zero-order valence-corrected chi connectivity index (χ0v) is 22.3. The second kappa shape index (κ2) is 13.1. The van der Waals surface area contributed by atoms with Gasteiger partial charge in [0.1, 0.15) is 23.3 Å². The predicted molar refractivity (Wildman–Crippen MR) is 136 cm³/mol. The van der Waals surface area contributed by atoms with E-state index in [9.17, 15) is 27.8 Å². The molecule has 0 radical (unpaired) electrons. The summed E-state index contributed by atoms with van der Waals surface area (Å²) in [5.74, 6) is -2.74. The Hall–Kier alpha value is -2.05. The average Bonchev–Trinajstić information content (AvgIpc) is 3.22. The lowest BCUT2D eigenvalue weighted by atomic mass is 9.94. The third kappa shape index (κ3) is 7.29. The molecule has 3 N–H and O–H groups in total. The quantitative estimate of drug-likeness (QED) is 0.255.